The summed E-state index contributed by atoms with van der Waals surface area (Å²) in [5.74, 6) is 0.261. The minimum absolute atomic E-state index is 0.109. The summed E-state index contributed by atoms with van der Waals surface area (Å²) < 4.78 is 6.06. The molecule has 1 unspecified atom stereocenters. The topological polar surface area (TPSA) is 38.3 Å². The Kier molecular flexibility index (Phi) is 4.14. The van der Waals surface area contributed by atoms with Crippen LogP contribution in [0.15, 0.2) is 0 Å². The number of carbonyl (C=O) groups is 1. The molecule has 0 aromatic rings. The lowest BCUT2D eigenvalue weighted by atomic mass is 10.1. The number of alkyl halides is 1. The van der Waals surface area contributed by atoms with E-state index in [2.05, 4.69) is 27.9 Å². The Hall–Kier alpha value is 0.160. The second-order valence-corrected chi connectivity index (χ2v) is 3.62. The number of halogens is 1. The molecular weight excluding hydrogens is 257 g/mol. The Labute approximate surface area is 80.0 Å². The lowest BCUT2D eigenvalue weighted by molar-refractivity contribution is -0.124. The van der Waals surface area contributed by atoms with Crippen LogP contribution in [-0.4, -0.2) is 30.1 Å². The van der Waals surface area contributed by atoms with Gasteiger partial charge in [-0.05, 0) is 6.42 Å². The molecule has 1 N–H and O–H groups in total. The number of carbonyl (C=O) groups excluding carboxylic acids is 1. The number of ether oxygens (including phenoxy) is 1. The molecule has 0 aliphatic carbocycles. The molecule has 1 aliphatic rings. The zero-order valence-electron chi connectivity index (χ0n) is 6.31. The predicted octanol–water partition coefficient (Wildman–Crippen LogP) is 0.574. The van der Waals surface area contributed by atoms with Crippen LogP contribution in [0.4, 0.5) is 0 Å². The number of nitrogens with one attached hydrogen (secondary N) is 1. The van der Waals surface area contributed by atoms with Gasteiger partial charge in [0.1, 0.15) is 0 Å². The van der Waals surface area contributed by atoms with Crippen LogP contribution in [0.2, 0.25) is 0 Å². The van der Waals surface area contributed by atoms with Crippen molar-refractivity contribution in [3.63, 3.8) is 0 Å². The fraction of sp³-hybridized carbons (Fsp3) is 0.857. The Morgan fingerprint density at radius 2 is 2.55 bits per heavy atom. The first-order chi connectivity index (χ1) is 5.34. The highest BCUT2D eigenvalue weighted by atomic mass is 127. The molecule has 64 valence electrons. The van der Waals surface area contributed by atoms with Gasteiger partial charge in [-0.2, -0.15) is 0 Å². The molecule has 1 rings (SSSR count). The van der Waals surface area contributed by atoms with Gasteiger partial charge in [-0.15, -0.1) is 0 Å². The average molecular weight is 269 g/mol. The summed E-state index contributed by atoms with van der Waals surface area (Å²) >= 11 is 2.24. The Bertz CT molecular complexity index is 134. The molecule has 0 radical (unpaired) electrons. The molecule has 0 saturated carbocycles. The first kappa shape index (κ1) is 9.25. The summed E-state index contributed by atoms with van der Waals surface area (Å²) in [7, 11) is 0. The molecule has 1 atom stereocenters. The van der Waals surface area contributed by atoms with Gasteiger partial charge in [0.05, 0.1) is 12.5 Å². The normalized spacial score (nSPS) is 23.5. The quantitative estimate of drug-likeness (QED) is 0.601. The highest BCUT2D eigenvalue weighted by molar-refractivity contribution is 14.1. The van der Waals surface area contributed by atoms with E-state index in [4.69, 9.17) is 4.74 Å². The number of hydrogen-bond donors (Lipinski definition) is 1. The summed E-state index contributed by atoms with van der Waals surface area (Å²) in [6.45, 7) is 2.12. The van der Waals surface area contributed by atoms with Crippen LogP contribution < -0.4 is 5.32 Å². The van der Waals surface area contributed by atoms with Crippen LogP contribution in [0.3, 0.4) is 0 Å². The van der Waals surface area contributed by atoms with Gasteiger partial charge in [0.2, 0.25) is 5.91 Å². The minimum atomic E-state index is 0.109. The van der Waals surface area contributed by atoms with E-state index in [1.807, 2.05) is 0 Å². The highest BCUT2D eigenvalue weighted by Gasteiger charge is 2.22. The summed E-state index contributed by atoms with van der Waals surface area (Å²) in [6.07, 6.45) is 0.882. The van der Waals surface area contributed by atoms with E-state index in [1.54, 1.807) is 0 Å². The molecule has 0 aromatic heterocycles. The van der Waals surface area contributed by atoms with Gasteiger partial charge in [-0.3, -0.25) is 4.79 Å². The van der Waals surface area contributed by atoms with E-state index in [9.17, 15) is 4.79 Å². The van der Waals surface area contributed by atoms with Crippen molar-refractivity contribution in [2.24, 2.45) is 5.92 Å². The third kappa shape index (κ3) is 2.94. The first-order valence-corrected chi connectivity index (χ1v) is 5.28. The molecule has 1 fully saturated rings. The van der Waals surface area contributed by atoms with E-state index in [0.29, 0.717) is 6.61 Å². The van der Waals surface area contributed by atoms with Gasteiger partial charge in [-0.1, -0.05) is 22.6 Å². The summed E-state index contributed by atoms with van der Waals surface area (Å²) in [5, 5.41) is 2.85. The molecule has 1 aliphatic heterocycles. The van der Waals surface area contributed by atoms with Crippen molar-refractivity contribution < 1.29 is 9.53 Å². The van der Waals surface area contributed by atoms with E-state index in [0.717, 1.165) is 24.0 Å². The standard InChI is InChI=1S/C7H12INO2/c8-2-3-9-7(10)6-1-4-11-5-6/h6H,1-5H2,(H,9,10). The fourth-order valence-electron chi connectivity index (χ4n) is 1.06. The van der Waals surface area contributed by atoms with Crippen molar-refractivity contribution in [1.82, 2.24) is 5.32 Å². The van der Waals surface area contributed by atoms with E-state index < -0.39 is 0 Å². The molecule has 1 saturated heterocycles. The number of hydrogen-bond acceptors (Lipinski definition) is 2. The zero-order valence-corrected chi connectivity index (χ0v) is 8.46. The molecule has 1 heterocycles. The van der Waals surface area contributed by atoms with Crippen LogP contribution in [0.5, 0.6) is 0 Å². The van der Waals surface area contributed by atoms with E-state index in [1.165, 1.54) is 0 Å². The van der Waals surface area contributed by atoms with E-state index in [-0.39, 0.29) is 11.8 Å². The number of amides is 1. The second kappa shape index (κ2) is 4.92. The van der Waals surface area contributed by atoms with Gasteiger partial charge < -0.3 is 10.1 Å². The van der Waals surface area contributed by atoms with Crippen molar-refractivity contribution in [3.8, 4) is 0 Å². The molecular formula is C7H12INO2. The second-order valence-electron chi connectivity index (χ2n) is 2.54. The smallest absolute Gasteiger partial charge is 0.225 e. The largest absolute Gasteiger partial charge is 0.381 e. The van der Waals surface area contributed by atoms with Gasteiger partial charge >= 0.3 is 0 Å². The SMILES string of the molecule is O=C(NCCI)C1CCOC1. The maximum Gasteiger partial charge on any atom is 0.225 e. The zero-order chi connectivity index (χ0) is 8.10. The predicted molar refractivity (Wildman–Crippen MR) is 50.8 cm³/mol. The Balaban J connectivity index is 2.17. The van der Waals surface area contributed by atoms with Crippen LogP contribution >= 0.6 is 22.6 Å². The maximum absolute atomic E-state index is 11.2. The van der Waals surface area contributed by atoms with E-state index >= 15 is 0 Å². The monoisotopic (exact) mass is 269 g/mol. The summed E-state index contributed by atoms with van der Waals surface area (Å²) in [4.78, 5) is 11.2. The average Bonchev–Trinajstić information content (AvgIpc) is 2.52. The Morgan fingerprint density at radius 3 is 3.09 bits per heavy atom. The van der Waals surface area contributed by atoms with Crippen LogP contribution in [0.25, 0.3) is 0 Å². The van der Waals surface area contributed by atoms with Crippen molar-refractivity contribution in [3.05, 3.63) is 0 Å². The maximum atomic E-state index is 11.2. The van der Waals surface area contributed by atoms with Crippen molar-refractivity contribution in [2.75, 3.05) is 24.2 Å². The molecule has 0 spiro atoms. The van der Waals surface area contributed by atoms with Crippen LogP contribution in [-0.2, 0) is 9.53 Å². The van der Waals surface area contributed by atoms with Crippen molar-refractivity contribution in [1.29, 1.82) is 0 Å². The first-order valence-electron chi connectivity index (χ1n) is 3.76. The molecule has 3 nitrogen and oxygen atoms in total. The highest BCUT2D eigenvalue weighted by Crippen LogP contribution is 2.11. The lowest BCUT2D eigenvalue weighted by Gasteiger charge is -2.06. The third-order valence-electron chi connectivity index (χ3n) is 1.69. The summed E-state index contributed by atoms with van der Waals surface area (Å²) in [5.41, 5.74) is 0. The third-order valence-corrected chi connectivity index (χ3v) is 2.23. The number of rotatable bonds is 3. The molecule has 11 heavy (non-hydrogen) atoms. The van der Waals surface area contributed by atoms with Crippen molar-refractivity contribution in [2.45, 2.75) is 6.42 Å². The lowest BCUT2D eigenvalue weighted by Crippen LogP contribution is -2.32. The fourth-order valence-corrected chi connectivity index (χ4v) is 1.33. The molecule has 4 heteroatoms. The van der Waals surface area contributed by atoms with Gasteiger partial charge in [-0.25, -0.2) is 0 Å². The van der Waals surface area contributed by atoms with Crippen molar-refractivity contribution >= 4 is 28.5 Å². The van der Waals surface area contributed by atoms with Gasteiger partial charge in [0.25, 0.3) is 0 Å². The summed E-state index contributed by atoms with van der Waals surface area (Å²) in [6, 6.07) is 0. The minimum Gasteiger partial charge on any atom is -0.381 e. The van der Waals surface area contributed by atoms with Gasteiger partial charge in [0.15, 0.2) is 0 Å². The molecule has 0 bridgehead atoms. The van der Waals surface area contributed by atoms with Crippen LogP contribution in [0, 0.1) is 5.92 Å². The van der Waals surface area contributed by atoms with Crippen LogP contribution in [0.1, 0.15) is 6.42 Å². The van der Waals surface area contributed by atoms with Gasteiger partial charge in [0, 0.05) is 17.6 Å². The molecule has 0 aromatic carbocycles. The Morgan fingerprint density at radius 1 is 1.73 bits per heavy atom. The molecule has 1 amide bonds.